The van der Waals surface area contributed by atoms with Crippen molar-refractivity contribution in [3.63, 3.8) is 0 Å². The molecule has 10 rings (SSSR count). The minimum atomic E-state index is -4.98. The molecule has 2 nitrogen and oxygen atoms in total. The molecule has 2 atom stereocenters. The summed E-state index contributed by atoms with van der Waals surface area (Å²) >= 11 is 0. The van der Waals surface area contributed by atoms with Gasteiger partial charge in [-0.05, 0) is 178 Å². The molecule has 49 heavy (non-hydrogen) atoms. The monoisotopic (exact) mass is 723 g/mol. The molecule has 0 radical (unpaired) electrons. The number of alkyl halides is 6. The third kappa shape index (κ3) is 6.26. The zero-order valence-corrected chi connectivity index (χ0v) is 30.3. The number of halogens is 6. The van der Waals surface area contributed by atoms with Crippen LogP contribution in [0.15, 0.2) is 42.5 Å². The molecule has 2 aromatic carbocycles. The van der Waals surface area contributed by atoms with Crippen LogP contribution >= 0.6 is 7.92 Å². The molecule has 2 unspecified atom stereocenters. The van der Waals surface area contributed by atoms with Gasteiger partial charge in [0.05, 0.1) is 32.9 Å². The highest BCUT2D eigenvalue weighted by Gasteiger charge is 2.63. The van der Waals surface area contributed by atoms with Gasteiger partial charge in [-0.1, -0.05) is 32.2 Å². The van der Waals surface area contributed by atoms with E-state index in [2.05, 4.69) is 10.8 Å². The molecular weight excluding hydrogens is 675 g/mol. The van der Waals surface area contributed by atoms with Crippen LogP contribution in [0.2, 0.25) is 0 Å². The maximum absolute atomic E-state index is 14.3. The lowest BCUT2D eigenvalue weighted by molar-refractivity contribution is -0.143. The first-order valence-electron chi connectivity index (χ1n) is 18.3. The lowest BCUT2D eigenvalue weighted by atomic mass is 9.55. The van der Waals surface area contributed by atoms with Crippen LogP contribution < -0.4 is 10.0 Å². The third-order valence-electron chi connectivity index (χ3n) is 13.2. The lowest BCUT2D eigenvalue weighted by Gasteiger charge is -2.67. The first-order valence-corrected chi connectivity index (χ1v) is 20.8. The van der Waals surface area contributed by atoms with E-state index in [4.69, 9.17) is 0 Å². The first kappa shape index (κ1) is 34.6. The van der Waals surface area contributed by atoms with Gasteiger partial charge in [-0.25, -0.2) is 8.93 Å². The Morgan fingerprint density at radius 3 is 1.43 bits per heavy atom. The van der Waals surface area contributed by atoms with E-state index < -0.39 is 53.2 Å². The fraction of sp³-hybridized carbons (Fsp3) is 0.692. The van der Waals surface area contributed by atoms with Gasteiger partial charge in [0.25, 0.3) is 0 Å². The van der Waals surface area contributed by atoms with Crippen molar-refractivity contribution in [1.29, 1.82) is 0 Å². The fourth-order valence-corrected chi connectivity index (χ4v) is 18.6. The van der Waals surface area contributed by atoms with Gasteiger partial charge in [0, 0.05) is 0 Å². The van der Waals surface area contributed by atoms with Crippen LogP contribution in [0.5, 0.6) is 0 Å². The lowest BCUT2D eigenvalue weighted by Crippen LogP contribution is -2.58. The summed E-state index contributed by atoms with van der Waals surface area (Å²) in [4.78, 5) is 0. The van der Waals surface area contributed by atoms with E-state index in [-0.39, 0.29) is 21.9 Å². The minimum absolute atomic E-state index is 0.129. The summed E-state index contributed by atoms with van der Waals surface area (Å²) in [6.07, 6.45) is 4.95. The second-order valence-corrected chi connectivity index (χ2v) is 23.0. The molecule has 10 heteroatoms. The molecule has 0 spiro atoms. The van der Waals surface area contributed by atoms with Gasteiger partial charge < -0.3 is 0 Å². The Kier molecular flexibility index (Phi) is 8.33. The quantitative estimate of drug-likeness (QED) is 0.224. The van der Waals surface area contributed by atoms with Crippen LogP contribution in [0.25, 0.3) is 0 Å². The Bertz CT molecular complexity index is 1480. The molecule has 0 aromatic heterocycles. The van der Waals surface area contributed by atoms with Gasteiger partial charge in [0.2, 0.25) is 0 Å². The smallest absolute Gasteiger partial charge is 0.242 e. The maximum atomic E-state index is 14.3. The molecule has 0 saturated heterocycles. The van der Waals surface area contributed by atoms with E-state index in [1.807, 2.05) is 18.2 Å². The predicted molar refractivity (Wildman–Crippen MR) is 184 cm³/mol. The number of rotatable bonds is 7. The van der Waals surface area contributed by atoms with Gasteiger partial charge in [-0.2, -0.15) is 26.3 Å². The van der Waals surface area contributed by atoms with E-state index in [0.717, 1.165) is 17.4 Å². The number of hydrogen-bond acceptors (Lipinski definition) is 1. The molecule has 1 N–H and O–H groups in total. The fourth-order valence-electron chi connectivity index (χ4n) is 12.4. The SMILES string of the molecule is CC(C)(C)S(=O)NC(c1cc(C(F)(F)F)cc(C(F)(F)F)c1)c1ccccc1P(C12CC3CC(CC(C3)C1)C2)C12CC3CC(CC(C3)C1)C2. The molecule has 0 aliphatic heterocycles. The third-order valence-corrected chi connectivity index (χ3v) is 18.6. The summed E-state index contributed by atoms with van der Waals surface area (Å²) in [5.74, 6) is 4.24. The summed E-state index contributed by atoms with van der Waals surface area (Å²) < 4.78 is 102. The molecule has 0 heterocycles. The average Bonchev–Trinajstić information content (AvgIpc) is 2.97. The molecule has 8 fully saturated rings. The molecular formula is C39H48F6NOPS. The van der Waals surface area contributed by atoms with Crippen molar-refractivity contribution in [1.82, 2.24) is 4.72 Å². The Labute approximate surface area is 290 Å². The summed E-state index contributed by atoms with van der Waals surface area (Å²) in [5.41, 5.74) is -2.11. The van der Waals surface area contributed by atoms with Crippen molar-refractivity contribution in [3.8, 4) is 0 Å². The van der Waals surface area contributed by atoms with Gasteiger partial charge in [-0.3, -0.25) is 0 Å². The largest absolute Gasteiger partial charge is 0.416 e. The Morgan fingerprint density at radius 1 is 0.673 bits per heavy atom. The zero-order valence-electron chi connectivity index (χ0n) is 28.6. The van der Waals surface area contributed by atoms with Crippen LogP contribution in [0.1, 0.15) is 126 Å². The normalized spacial score (nSPS) is 37.0. The van der Waals surface area contributed by atoms with E-state index in [9.17, 15) is 30.6 Å². The van der Waals surface area contributed by atoms with Crippen molar-refractivity contribution in [2.45, 2.75) is 131 Å². The van der Waals surface area contributed by atoms with Crippen LogP contribution in [-0.4, -0.2) is 19.3 Å². The Balaban J connectivity index is 1.34. The number of hydrogen-bond donors (Lipinski definition) is 1. The standard InChI is InChI=1S/C39H48F6NOPS/c1-35(2,3)49(47)46-34(29-14-30(38(40,41)42)16-31(15-29)39(43,44)45)32-6-4-5-7-33(32)48(36-17-23-8-24(18-36)10-25(9-23)19-36)37-20-26-11-27(21-37)13-28(12-26)22-37/h4-7,14-16,23-28,34,46H,8-13,17-22H2,1-3H3. The van der Waals surface area contributed by atoms with Crippen LogP contribution in [0.4, 0.5) is 26.3 Å². The average molecular weight is 724 g/mol. The van der Waals surface area contributed by atoms with Crippen LogP contribution in [-0.2, 0) is 23.3 Å². The minimum Gasteiger partial charge on any atom is -0.242 e. The number of nitrogens with one attached hydrogen (secondary N) is 1. The molecule has 268 valence electrons. The van der Waals surface area contributed by atoms with E-state index in [1.54, 1.807) is 20.8 Å². The Hall–Kier alpha value is -1.44. The summed E-state index contributed by atoms with van der Waals surface area (Å²) in [7, 11) is -2.62. The van der Waals surface area contributed by atoms with Gasteiger partial charge in [0.1, 0.15) is 0 Å². The molecule has 8 saturated carbocycles. The van der Waals surface area contributed by atoms with Crippen LogP contribution in [0, 0.1) is 35.5 Å². The van der Waals surface area contributed by atoms with E-state index in [1.165, 1.54) is 77.0 Å². The van der Waals surface area contributed by atoms with E-state index in [0.29, 0.717) is 41.1 Å². The highest BCUT2D eigenvalue weighted by atomic mass is 32.2. The van der Waals surface area contributed by atoms with Crippen molar-refractivity contribution >= 4 is 24.2 Å². The van der Waals surface area contributed by atoms with Crippen molar-refractivity contribution in [2.75, 3.05) is 0 Å². The zero-order chi connectivity index (χ0) is 34.7. The van der Waals surface area contributed by atoms with Gasteiger partial charge >= 0.3 is 12.4 Å². The molecule has 2 aromatic rings. The summed E-state index contributed by atoms with van der Waals surface area (Å²) in [5, 5.41) is 1.39. The summed E-state index contributed by atoms with van der Waals surface area (Å²) in [6, 6.07) is 8.77. The van der Waals surface area contributed by atoms with E-state index >= 15 is 0 Å². The highest BCUT2D eigenvalue weighted by Crippen LogP contribution is 2.78. The number of benzene rings is 2. The topological polar surface area (TPSA) is 29.1 Å². The van der Waals surface area contributed by atoms with Gasteiger partial charge in [0.15, 0.2) is 0 Å². The molecule has 0 amide bonds. The second kappa shape index (κ2) is 11.8. The van der Waals surface area contributed by atoms with Gasteiger partial charge in [-0.15, -0.1) is 0 Å². The van der Waals surface area contributed by atoms with Crippen LogP contribution in [0.3, 0.4) is 0 Å². The van der Waals surface area contributed by atoms with Crippen molar-refractivity contribution in [2.24, 2.45) is 35.5 Å². The first-order chi connectivity index (χ1) is 22.9. The predicted octanol–water partition coefficient (Wildman–Crippen LogP) is 10.9. The maximum Gasteiger partial charge on any atom is 0.416 e. The van der Waals surface area contributed by atoms with Crippen molar-refractivity contribution in [3.05, 3.63) is 64.7 Å². The molecule has 8 aliphatic rings. The molecule has 8 bridgehead atoms. The highest BCUT2D eigenvalue weighted by molar-refractivity contribution is 7.84. The summed E-state index contributed by atoms with van der Waals surface area (Å²) in [6.45, 7) is 5.30. The Morgan fingerprint density at radius 2 is 1.06 bits per heavy atom. The second-order valence-electron chi connectivity index (χ2n) is 17.9. The van der Waals surface area contributed by atoms with Crippen molar-refractivity contribution < 1.29 is 30.6 Å². The molecule has 8 aliphatic carbocycles.